The lowest BCUT2D eigenvalue weighted by Gasteiger charge is -1.97. The molecule has 0 saturated carbocycles. The van der Waals surface area contributed by atoms with Crippen LogP contribution in [-0.2, 0) is 14.1 Å². The molecule has 0 saturated heterocycles. The molecule has 17 heteroatoms. The van der Waals surface area contributed by atoms with Crippen molar-refractivity contribution < 1.29 is 0 Å². The van der Waals surface area contributed by atoms with Crippen molar-refractivity contribution in [2.75, 3.05) is 0 Å². The zero-order chi connectivity index (χ0) is 77.9. The normalized spacial score (nSPS) is 9.30. The Morgan fingerprint density at radius 1 is 0.279 bits per heavy atom. The SMILES string of the molecule is CC.CC.CC.CC.CC.CC.CC.CC.Cc1ccnc2cccnc12.Cc1ccnc2ccncc12.Cc1ccnc2cnccc12.Cc1ccnc2ncccc12.Cc1cncc2cccnc12.Cc1nc2ccccc2n1C.Cc1nc2ccccc2n1C.Cc1nc2ncccn2c1C. The van der Waals surface area contributed by atoms with Crippen LogP contribution in [0.1, 0.15) is 162 Å². The number of para-hydroxylation sites is 4. The van der Waals surface area contributed by atoms with E-state index in [0.717, 1.165) is 94.8 Å². The third-order valence-electron chi connectivity index (χ3n) is 14.6. The zero-order valence-corrected chi connectivity index (χ0v) is 67.4. The number of hydrogen-bond acceptors (Lipinski definition) is 14. The second kappa shape index (κ2) is 52.7. The fourth-order valence-electron chi connectivity index (χ4n) is 9.28. The molecule has 550 valence electrons. The van der Waals surface area contributed by atoms with Crippen LogP contribution in [0.3, 0.4) is 0 Å². The van der Waals surface area contributed by atoms with Crippen LogP contribution in [0.15, 0.2) is 220 Å². The van der Waals surface area contributed by atoms with Crippen LogP contribution in [0, 0.1) is 62.3 Å². The Kier molecular flexibility index (Phi) is 46.0. The maximum atomic E-state index is 4.38. The van der Waals surface area contributed by atoms with Gasteiger partial charge < -0.3 is 9.13 Å². The summed E-state index contributed by atoms with van der Waals surface area (Å²) < 4.78 is 6.17. The highest BCUT2D eigenvalue weighted by Crippen LogP contribution is 2.18. The maximum Gasteiger partial charge on any atom is 0.234 e. The summed E-state index contributed by atoms with van der Waals surface area (Å²) in [6, 6.07) is 41.8. The Labute approximate surface area is 621 Å². The molecule has 0 radical (unpaired) electrons. The van der Waals surface area contributed by atoms with Gasteiger partial charge in [0.2, 0.25) is 5.78 Å². The molecule has 0 fully saturated rings. The molecule has 0 aliphatic rings. The number of fused-ring (bicyclic) bond motifs is 8. The lowest BCUT2D eigenvalue weighted by atomic mass is 10.2. The molecule has 0 aliphatic carbocycles. The van der Waals surface area contributed by atoms with Gasteiger partial charge in [-0.05, 0) is 193 Å². The van der Waals surface area contributed by atoms with Gasteiger partial charge in [-0.15, -0.1) is 0 Å². The van der Waals surface area contributed by atoms with Gasteiger partial charge in [0.25, 0.3) is 0 Å². The lowest BCUT2D eigenvalue weighted by molar-refractivity contribution is 0.886. The summed E-state index contributed by atoms with van der Waals surface area (Å²) in [5.41, 5.74) is 18.6. The van der Waals surface area contributed by atoms with Crippen LogP contribution in [0.2, 0.25) is 0 Å². The first-order valence-electron chi connectivity index (χ1n) is 36.6. The van der Waals surface area contributed by atoms with Gasteiger partial charge in [-0.2, -0.15) is 0 Å². The highest BCUT2D eigenvalue weighted by molar-refractivity contribution is 5.83. The molecule has 17 nitrogen and oxygen atoms in total. The van der Waals surface area contributed by atoms with Crippen LogP contribution < -0.4 is 0 Å². The molecule has 0 aliphatic heterocycles. The first-order chi connectivity index (χ1) is 50.7. The Morgan fingerprint density at radius 2 is 0.731 bits per heavy atom. The van der Waals surface area contributed by atoms with Gasteiger partial charge >= 0.3 is 0 Å². The molecule has 14 aromatic heterocycles. The Bertz CT molecular complexity index is 4280. The summed E-state index contributed by atoms with van der Waals surface area (Å²) >= 11 is 0. The van der Waals surface area contributed by atoms with Crippen molar-refractivity contribution >= 4 is 82.6 Å². The summed E-state index contributed by atoms with van der Waals surface area (Å²) in [7, 11) is 4.06. The molecule has 16 rings (SSSR count). The fourth-order valence-corrected chi connectivity index (χ4v) is 9.28. The number of aromatic nitrogens is 17. The van der Waals surface area contributed by atoms with Crippen LogP contribution in [0.25, 0.3) is 82.6 Å². The van der Waals surface area contributed by atoms with E-state index in [0.29, 0.717) is 0 Å². The first-order valence-corrected chi connectivity index (χ1v) is 36.6. The highest BCUT2D eigenvalue weighted by Gasteiger charge is 2.05. The van der Waals surface area contributed by atoms with E-state index in [-0.39, 0.29) is 0 Å². The third kappa shape index (κ3) is 27.6. The molecule has 16 aromatic rings. The summed E-state index contributed by atoms with van der Waals surface area (Å²) in [5.74, 6) is 2.90. The maximum absolute atomic E-state index is 4.38. The molecular weight excluding hydrogens is 1280 g/mol. The Morgan fingerprint density at radius 3 is 1.27 bits per heavy atom. The van der Waals surface area contributed by atoms with Crippen molar-refractivity contribution in [3.8, 4) is 0 Å². The predicted octanol–water partition coefficient (Wildman–Crippen LogP) is 23.0. The van der Waals surface area contributed by atoms with Crippen molar-refractivity contribution in [1.29, 1.82) is 0 Å². The summed E-state index contributed by atoms with van der Waals surface area (Å²) in [6.07, 6.45) is 27.1. The predicted molar refractivity (Wildman–Crippen MR) is 446 cm³/mol. The molecule has 0 bridgehead atoms. The number of nitrogens with zero attached hydrogens (tertiary/aromatic N) is 17. The standard InChI is InChI=1S/2C9H10N2.5C9H8N2.C8H9N3.8C2H6/c2*1-7-10-8-5-3-4-6-9(8)11(7)2;1-7-2-5-11-9-3-4-10-6-8(7)9;1-7-2-5-11-9-6-10-4-3-8(7)9;1-7-4-6-10-8-3-2-5-11-9(7)8;1-7-4-6-11-9-8(7)3-2-5-10-9;1-7-5-10-6-8-3-2-4-11-9(7)8;1-6-7(2)11-5-3-4-9-8(11)10-6;8*1-2/h2*3-6H,1-2H3;5*2-6H,1H3;3-5H,1-2H3;8*1-2H3. The average molecular weight is 1400 g/mol. The van der Waals surface area contributed by atoms with Crippen molar-refractivity contribution in [3.63, 3.8) is 0 Å². The molecule has 14 heterocycles. The van der Waals surface area contributed by atoms with Gasteiger partial charge in [0.05, 0.1) is 61.5 Å². The zero-order valence-electron chi connectivity index (χ0n) is 67.4. The second-order valence-corrected chi connectivity index (χ2v) is 20.6. The van der Waals surface area contributed by atoms with Gasteiger partial charge in [-0.25, -0.2) is 29.9 Å². The van der Waals surface area contributed by atoms with Crippen molar-refractivity contribution in [1.82, 2.24) is 83.3 Å². The van der Waals surface area contributed by atoms with Crippen LogP contribution in [0.5, 0.6) is 0 Å². The van der Waals surface area contributed by atoms with Gasteiger partial charge in [-0.3, -0.25) is 44.3 Å². The van der Waals surface area contributed by atoms with E-state index in [4.69, 9.17) is 0 Å². The number of aryl methyl sites for hydroxylation is 11. The van der Waals surface area contributed by atoms with Crippen LogP contribution in [-0.4, -0.2) is 83.3 Å². The van der Waals surface area contributed by atoms with Crippen molar-refractivity contribution in [3.05, 3.63) is 271 Å². The molecule has 0 unspecified atom stereocenters. The fraction of sp³-hybridized carbons (Fsp3) is 0.310. The van der Waals surface area contributed by atoms with Crippen LogP contribution in [0.4, 0.5) is 0 Å². The molecular formula is C87H117N17. The number of rotatable bonds is 0. The van der Waals surface area contributed by atoms with E-state index in [1.807, 2.05) is 317 Å². The highest BCUT2D eigenvalue weighted by atomic mass is 15.1. The smallest absolute Gasteiger partial charge is 0.234 e. The lowest BCUT2D eigenvalue weighted by Crippen LogP contribution is -1.89. The second-order valence-electron chi connectivity index (χ2n) is 20.6. The Balaban J connectivity index is 0.000000578. The number of imidazole rings is 3. The quantitative estimate of drug-likeness (QED) is 0.139. The summed E-state index contributed by atoms with van der Waals surface area (Å²) in [6.45, 7) is 50.3. The van der Waals surface area contributed by atoms with Crippen molar-refractivity contribution in [2.45, 2.75) is 173 Å². The van der Waals surface area contributed by atoms with E-state index in [9.17, 15) is 0 Å². The number of benzene rings is 2. The Hall–Kier alpha value is -11.2. The van der Waals surface area contributed by atoms with E-state index in [1.165, 1.54) is 38.7 Å². The molecule has 0 atom stereocenters. The molecule has 104 heavy (non-hydrogen) atoms. The number of hydrogen-bond donors (Lipinski definition) is 0. The summed E-state index contributed by atoms with van der Waals surface area (Å²) in [5, 5.41) is 4.56. The van der Waals surface area contributed by atoms with Crippen LogP contribution >= 0.6 is 0 Å². The first kappa shape index (κ1) is 90.8. The van der Waals surface area contributed by atoms with E-state index in [1.54, 1.807) is 62.0 Å². The number of pyridine rings is 10. The van der Waals surface area contributed by atoms with E-state index < -0.39 is 0 Å². The average Bonchev–Trinajstić information content (AvgIpc) is 1.72. The van der Waals surface area contributed by atoms with Crippen molar-refractivity contribution in [2.24, 2.45) is 14.1 Å². The topological polar surface area (TPSA) is 195 Å². The minimum absolute atomic E-state index is 0.780. The summed E-state index contributed by atoms with van der Waals surface area (Å²) in [4.78, 5) is 58.5. The largest absolute Gasteiger partial charge is 0.331 e. The van der Waals surface area contributed by atoms with E-state index >= 15 is 0 Å². The van der Waals surface area contributed by atoms with Gasteiger partial charge in [0.15, 0.2) is 5.65 Å². The minimum atomic E-state index is 0.780. The van der Waals surface area contributed by atoms with E-state index in [2.05, 4.69) is 112 Å². The van der Waals surface area contributed by atoms with Gasteiger partial charge in [-0.1, -0.05) is 135 Å². The molecule has 2 aromatic carbocycles. The minimum Gasteiger partial charge on any atom is -0.331 e. The third-order valence-corrected chi connectivity index (χ3v) is 14.6. The molecule has 0 amide bonds. The molecule has 0 N–H and O–H groups in total. The monoisotopic (exact) mass is 1400 g/mol. The van der Waals surface area contributed by atoms with Gasteiger partial charge in [0, 0.05) is 128 Å². The van der Waals surface area contributed by atoms with Gasteiger partial charge in [0.1, 0.15) is 11.6 Å². The molecule has 0 spiro atoms.